The lowest BCUT2D eigenvalue weighted by molar-refractivity contribution is -0.148. The highest BCUT2D eigenvalue weighted by Crippen LogP contribution is 2.15. The summed E-state index contributed by atoms with van der Waals surface area (Å²) in [6.45, 7) is 1.19. The summed E-state index contributed by atoms with van der Waals surface area (Å²) in [6, 6.07) is 6.32. The largest absolute Gasteiger partial charge is 0.455 e. The molecule has 0 unspecified atom stereocenters. The summed E-state index contributed by atoms with van der Waals surface area (Å²) in [5.74, 6) is -2.26. The van der Waals surface area contributed by atoms with E-state index < -0.39 is 24.4 Å². The Morgan fingerprint density at radius 3 is 2.52 bits per heavy atom. The lowest BCUT2D eigenvalue weighted by Crippen LogP contribution is -2.43. The molecule has 0 aliphatic heterocycles. The van der Waals surface area contributed by atoms with Gasteiger partial charge in [-0.25, -0.2) is 0 Å². The highest BCUT2D eigenvalue weighted by Gasteiger charge is 2.13. The Morgan fingerprint density at radius 2 is 1.83 bits per heavy atom. The quantitative estimate of drug-likeness (QED) is 0.419. The standard InChI is InChI=1S/C17H18ClN5O5S/c1-10-20-23-17(29-10)19-13(24)7-4-8-15(26)28-9-14(25)21-22-16(27)11-5-2-3-6-12(11)18/h2-3,5-6H,4,7-9H2,1H3,(H,21,25)(H,22,27)(H,19,23,24). The number of ether oxygens (including phenoxy) is 1. The number of carbonyl (C=O) groups excluding carboxylic acids is 4. The van der Waals surface area contributed by atoms with Gasteiger partial charge in [0.2, 0.25) is 11.0 Å². The molecule has 1 aromatic carbocycles. The van der Waals surface area contributed by atoms with Gasteiger partial charge in [-0.2, -0.15) is 0 Å². The number of hydrogen-bond donors (Lipinski definition) is 3. The van der Waals surface area contributed by atoms with Crippen LogP contribution in [0.2, 0.25) is 5.02 Å². The Balaban J connectivity index is 1.59. The normalized spacial score (nSPS) is 10.1. The van der Waals surface area contributed by atoms with Crippen molar-refractivity contribution in [2.24, 2.45) is 0 Å². The molecule has 0 radical (unpaired) electrons. The van der Waals surface area contributed by atoms with Gasteiger partial charge < -0.3 is 10.1 Å². The third-order valence-corrected chi connectivity index (χ3v) is 4.44. The van der Waals surface area contributed by atoms with E-state index in [1.807, 2.05) is 0 Å². The van der Waals surface area contributed by atoms with Crippen LogP contribution < -0.4 is 16.2 Å². The van der Waals surface area contributed by atoms with Gasteiger partial charge in [0.15, 0.2) is 6.61 Å². The molecule has 1 heterocycles. The maximum atomic E-state index is 11.9. The zero-order valence-electron chi connectivity index (χ0n) is 15.4. The molecule has 154 valence electrons. The molecular weight excluding hydrogens is 422 g/mol. The molecule has 12 heteroatoms. The Bertz CT molecular complexity index is 904. The molecular formula is C17H18ClN5O5S. The van der Waals surface area contributed by atoms with Crippen LogP contribution in [-0.4, -0.2) is 40.5 Å². The fourth-order valence-electron chi connectivity index (χ4n) is 2.02. The number of rotatable bonds is 8. The average molecular weight is 440 g/mol. The molecule has 0 bridgehead atoms. The zero-order valence-corrected chi connectivity index (χ0v) is 16.9. The summed E-state index contributed by atoms with van der Waals surface area (Å²) in [7, 11) is 0. The van der Waals surface area contributed by atoms with Crippen LogP contribution in [0.3, 0.4) is 0 Å². The van der Waals surface area contributed by atoms with E-state index in [0.717, 1.165) is 5.01 Å². The Kier molecular flexibility index (Phi) is 8.49. The number of anilines is 1. The molecule has 0 atom stereocenters. The number of hydrazine groups is 1. The Morgan fingerprint density at radius 1 is 1.07 bits per heavy atom. The number of esters is 1. The van der Waals surface area contributed by atoms with Crippen molar-refractivity contribution in [3.63, 3.8) is 0 Å². The maximum Gasteiger partial charge on any atom is 0.306 e. The van der Waals surface area contributed by atoms with Crippen LogP contribution in [0.15, 0.2) is 24.3 Å². The van der Waals surface area contributed by atoms with Crippen molar-refractivity contribution in [1.82, 2.24) is 21.0 Å². The van der Waals surface area contributed by atoms with Crippen molar-refractivity contribution in [3.05, 3.63) is 39.9 Å². The molecule has 0 aliphatic rings. The van der Waals surface area contributed by atoms with E-state index in [4.69, 9.17) is 16.3 Å². The van der Waals surface area contributed by atoms with Crippen LogP contribution >= 0.6 is 22.9 Å². The molecule has 1 aromatic heterocycles. The predicted molar refractivity (Wildman–Crippen MR) is 105 cm³/mol. The van der Waals surface area contributed by atoms with Crippen LogP contribution in [0, 0.1) is 6.92 Å². The van der Waals surface area contributed by atoms with Crippen LogP contribution in [0.4, 0.5) is 5.13 Å². The van der Waals surface area contributed by atoms with E-state index in [9.17, 15) is 19.2 Å². The van der Waals surface area contributed by atoms with Gasteiger partial charge >= 0.3 is 5.97 Å². The number of carbonyl (C=O) groups is 4. The first kappa shape index (κ1) is 22.2. The third kappa shape index (κ3) is 7.84. The number of nitrogens with zero attached hydrogens (tertiary/aromatic N) is 2. The molecule has 10 nitrogen and oxygen atoms in total. The van der Waals surface area contributed by atoms with Gasteiger partial charge in [0.25, 0.3) is 11.8 Å². The van der Waals surface area contributed by atoms with E-state index in [1.54, 1.807) is 19.1 Å². The first-order valence-corrected chi connectivity index (χ1v) is 9.64. The number of aromatic nitrogens is 2. The van der Waals surface area contributed by atoms with E-state index in [1.165, 1.54) is 23.5 Å². The number of amides is 3. The highest BCUT2D eigenvalue weighted by atomic mass is 35.5. The number of aryl methyl sites for hydroxylation is 1. The molecule has 3 N–H and O–H groups in total. The van der Waals surface area contributed by atoms with E-state index in [2.05, 4.69) is 26.4 Å². The number of halogens is 1. The van der Waals surface area contributed by atoms with Gasteiger partial charge in [-0.3, -0.25) is 30.0 Å². The summed E-state index contributed by atoms with van der Waals surface area (Å²) in [6.07, 6.45) is 0.295. The molecule has 0 aliphatic carbocycles. The van der Waals surface area contributed by atoms with Gasteiger partial charge in [-0.05, 0) is 25.5 Å². The predicted octanol–water partition coefficient (Wildman–Crippen LogP) is 1.61. The van der Waals surface area contributed by atoms with Gasteiger partial charge in [0.1, 0.15) is 5.01 Å². The molecule has 0 saturated carbocycles. The SMILES string of the molecule is Cc1nnc(NC(=O)CCCC(=O)OCC(=O)NNC(=O)c2ccccc2Cl)s1. The lowest BCUT2D eigenvalue weighted by atomic mass is 10.2. The minimum absolute atomic E-state index is 0.0399. The van der Waals surface area contributed by atoms with Gasteiger partial charge in [-0.15, -0.1) is 10.2 Å². The van der Waals surface area contributed by atoms with Crippen molar-refractivity contribution in [3.8, 4) is 0 Å². The van der Waals surface area contributed by atoms with Gasteiger partial charge in [0, 0.05) is 12.8 Å². The monoisotopic (exact) mass is 439 g/mol. The smallest absolute Gasteiger partial charge is 0.306 e. The van der Waals surface area contributed by atoms with Crippen molar-refractivity contribution < 1.29 is 23.9 Å². The minimum atomic E-state index is -0.719. The van der Waals surface area contributed by atoms with Gasteiger partial charge in [-0.1, -0.05) is 35.1 Å². The van der Waals surface area contributed by atoms with E-state index in [-0.39, 0.29) is 35.8 Å². The van der Waals surface area contributed by atoms with Crippen LogP contribution in [0.1, 0.15) is 34.6 Å². The second-order valence-electron chi connectivity index (χ2n) is 5.67. The Hall–Kier alpha value is -3.05. The molecule has 0 fully saturated rings. The second kappa shape index (κ2) is 11.1. The van der Waals surface area contributed by atoms with Gasteiger partial charge in [0.05, 0.1) is 10.6 Å². The van der Waals surface area contributed by atoms with Crippen LogP contribution in [0.25, 0.3) is 0 Å². The zero-order chi connectivity index (χ0) is 21.2. The first-order valence-electron chi connectivity index (χ1n) is 8.44. The van der Waals surface area contributed by atoms with E-state index >= 15 is 0 Å². The molecule has 0 spiro atoms. The first-order chi connectivity index (χ1) is 13.8. The van der Waals surface area contributed by atoms with Crippen LogP contribution in [-0.2, 0) is 19.1 Å². The minimum Gasteiger partial charge on any atom is -0.455 e. The molecule has 0 saturated heterocycles. The van der Waals surface area contributed by atoms with Crippen molar-refractivity contribution in [2.45, 2.75) is 26.2 Å². The van der Waals surface area contributed by atoms with Crippen LogP contribution in [0.5, 0.6) is 0 Å². The number of nitrogens with one attached hydrogen (secondary N) is 3. The fourth-order valence-corrected chi connectivity index (χ4v) is 2.85. The Labute approximate surface area is 175 Å². The van der Waals surface area contributed by atoms with Crippen molar-refractivity contribution in [2.75, 3.05) is 11.9 Å². The van der Waals surface area contributed by atoms with Crippen molar-refractivity contribution >= 4 is 51.8 Å². The molecule has 2 rings (SSSR count). The highest BCUT2D eigenvalue weighted by molar-refractivity contribution is 7.15. The lowest BCUT2D eigenvalue weighted by Gasteiger charge is -2.09. The fraction of sp³-hybridized carbons (Fsp3) is 0.294. The molecule has 3 amide bonds. The topological polar surface area (TPSA) is 139 Å². The third-order valence-electron chi connectivity index (χ3n) is 3.36. The summed E-state index contributed by atoms with van der Waals surface area (Å²) >= 11 is 7.12. The van der Waals surface area contributed by atoms with E-state index in [0.29, 0.717) is 5.13 Å². The summed E-state index contributed by atoms with van der Waals surface area (Å²) in [5.41, 5.74) is 4.47. The summed E-state index contributed by atoms with van der Waals surface area (Å²) in [5, 5.41) is 11.5. The molecule has 29 heavy (non-hydrogen) atoms. The molecule has 2 aromatic rings. The number of hydrogen-bond acceptors (Lipinski definition) is 8. The second-order valence-corrected chi connectivity index (χ2v) is 7.26. The summed E-state index contributed by atoms with van der Waals surface area (Å²) in [4.78, 5) is 46.9. The maximum absolute atomic E-state index is 11.9. The number of benzene rings is 1. The average Bonchev–Trinajstić information content (AvgIpc) is 3.09. The summed E-state index contributed by atoms with van der Waals surface area (Å²) < 4.78 is 4.79. The van der Waals surface area contributed by atoms with Crippen molar-refractivity contribution in [1.29, 1.82) is 0 Å².